The first-order chi connectivity index (χ1) is 13.2. The van der Waals surface area contributed by atoms with Gasteiger partial charge in [-0.05, 0) is 17.7 Å². The van der Waals surface area contributed by atoms with Gasteiger partial charge in [0.05, 0.1) is 5.69 Å². The molecule has 0 radical (unpaired) electrons. The maximum absolute atomic E-state index is 12.1. The predicted molar refractivity (Wildman–Crippen MR) is 99.7 cm³/mol. The predicted octanol–water partition coefficient (Wildman–Crippen LogP) is 1.94. The third-order valence-electron chi connectivity index (χ3n) is 3.75. The highest BCUT2D eigenvalue weighted by molar-refractivity contribution is 6.45. The molecule has 0 saturated carbocycles. The third kappa shape index (κ3) is 4.30. The lowest BCUT2D eigenvalue weighted by atomic mass is 10.0. The Bertz CT molecular complexity index is 937. The third-order valence-corrected chi connectivity index (χ3v) is 3.75. The first-order valence-electron chi connectivity index (χ1n) is 8.24. The Morgan fingerprint density at radius 2 is 1.89 bits per heavy atom. The lowest BCUT2D eigenvalue weighted by molar-refractivity contribution is -0.114. The molecule has 1 aromatic heterocycles. The van der Waals surface area contributed by atoms with E-state index in [2.05, 4.69) is 20.6 Å². The van der Waals surface area contributed by atoms with E-state index in [0.29, 0.717) is 5.56 Å². The summed E-state index contributed by atoms with van der Waals surface area (Å²) in [6.07, 6.45) is 1.58. The Morgan fingerprint density at radius 3 is 2.63 bits per heavy atom. The summed E-state index contributed by atoms with van der Waals surface area (Å²) in [7, 11) is 2.93. The number of hydrogen-bond donors (Lipinski definition) is 1. The molecule has 0 atom stereocenters. The van der Waals surface area contributed by atoms with Crippen LogP contribution >= 0.6 is 0 Å². The largest absolute Gasteiger partial charge is 0.457 e. The van der Waals surface area contributed by atoms with E-state index in [0.717, 1.165) is 11.3 Å². The van der Waals surface area contributed by atoms with Crippen molar-refractivity contribution < 1.29 is 14.4 Å². The molecule has 3 aromatic rings. The number of hydrogen-bond acceptors (Lipinski definition) is 6. The minimum Gasteiger partial charge on any atom is -0.457 e. The van der Waals surface area contributed by atoms with Gasteiger partial charge >= 0.3 is 6.01 Å². The molecule has 1 amide bonds. The van der Waals surface area contributed by atoms with E-state index in [-0.39, 0.29) is 24.2 Å². The molecule has 0 aliphatic rings. The van der Waals surface area contributed by atoms with E-state index >= 15 is 0 Å². The van der Waals surface area contributed by atoms with Crippen LogP contribution in [0.5, 0.6) is 6.01 Å². The summed E-state index contributed by atoms with van der Waals surface area (Å²) in [5.41, 5.74) is 2.42. The number of para-hydroxylation sites is 1. The zero-order valence-corrected chi connectivity index (χ0v) is 15.0. The first kappa shape index (κ1) is 18.1. The van der Waals surface area contributed by atoms with Crippen molar-refractivity contribution in [3.8, 4) is 11.7 Å². The lowest BCUT2D eigenvalue weighted by Gasteiger charge is -2.10. The number of ether oxygens (including phenoxy) is 1. The number of carbonyl (C=O) groups is 1. The van der Waals surface area contributed by atoms with Gasteiger partial charge < -0.3 is 14.9 Å². The lowest BCUT2D eigenvalue weighted by Crippen LogP contribution is -2.29. The number of nitrogens with one attached hydrogen (secondary N) is 1. The summed E-state index contributed by atoms with van der Waals surface area (Å²) >= 11 is 0. The standard InChI is InChI=1S/C19H19N5O3/c1-20-18(25)17(23-26-2)16-11-7-6-8-14(16)12-27-19-21-13-24(22-19)15-9-4-3-5-10-15/h3-11,13H,12H2,1-2H3,(H,20,25). The Balaban J connectivity index is 1.78. The number of amides is 1. The summed E-state index contributed by atoms with van der Waals surface area (Å²) in [6.45, 7) is 0.175. The normalized spacial score (nSPS) is 11.1. The highest BCUT2D eigenvalue weighted by atomic mass is 16.6. The molecule has 0 unspecified atom stereocenters. The molecule has 0 aliphatic heterocycles. The van der Waals surface area contributed by atoms with Crippen molar-refractivity contribution in [3.05, 3.63) is 72.1 Å². The van der Waals surface area contributed by atoms with Crippen LogP contribution < -0.4 is 10.1 Å². The van der Waals surface area contributed by atoms with E-state index in [1.807, 2.05) is 48.5 Å². The molecular formula is C19H19N5O3. The van der Waals surface area contributed by atoms with Gasteiger partial charge in [-0.2, -0.15) is 4.98 Å². The number of likely N-dealkylation sites (N-methyl/N-ethyl adjacent to an activating group) is 1. The summed E-state index contributed by atoms with van der Waals surface area (Å²) in [5, 5.41) is 10.7. The van der Waals surface area contributed by atoms with Crippen LogP contribution in [0.2, 0.25) is 0 Å². The van der Waals surface area contributed by atoms with Gasteiger partial charge in [-0.1, -0.05) is 47.6 Å². The van der Waals surface area contributed by atoms with Crippen LogP contribution in [-0.2, 0) is 16.2 Å². The Hall–Kier alpha value is -3.68. The van der Waals surface area contributed by atoms with Crippen molar-refractivity contribution in [1.29, 1.82) is 0 Å². The second-order valence-electron chi connectivity index (χ2n) is 5.45. The Kier molecular flexibility index (Phi) is 5.78. The van der Waals surface area contributed by atoms with Gasteiger partial charge in [-0.25, -0.2) is 4.68 Å². The fourth-order valence-corrected chi connectivity index (χ4v) is 2.46. The summed E-state index contributed by atoms with van der Waals surface area (Å²) in [5.74, 6) is -0.351. The molecule has 8 nitrogen and oxygen atoms in total. The molecule has 0 saturated heterocycles. The number of aromatic nitrogens is 3. The molecule has 1 N–H and O–H groups in total. The fraction of sp³-hybridized carbons (Fsp3) is 0.158. The molecule has 1 heterocycles. The van der Waals surface area contributed by atoms with Crippen LogP contribution in [0, 0.1) is 0 Å². The van der Waals surface area contributed by atoms with Crippen molar-refractivity contribution >= 4 is 11.6 Å². The topological polar surface area (TPSA) is 90.6 Å². The maximum Gasteiger partial charge on any atom is 0.336 e. The van der Waals surface area contributed by atoms with E-state index in [1.54, 1.807) is 17.1 Å². The van der Waals surface area contributed by atoms with Gasteiger partial charge in [0.25, 0.3) is 5.91 Å². The van der Waals surface area contributed by atoms with Gasteiger partial charge in [0.2, 0.25) is 0 Å². The number of carbonyl (C=O) groups excluding carboxylic acids is 1. The average molecular weight is 365 g/mol. The summed E-state index contributed by atoms with van der Waals surface area (Å²) in [4.78, 5) is 21.1. The molecule has 8 heteroatoms. The van der Waals surface area contributed by atoms with Crippen molar-refractivity contribution in [2.75, 3.05) is 14.2 Å². The smallest absolute Gasteiger partial charge is 0.336 e. The Morgan fingerprint density at radius 1 is 1.15 bits per heavy atom. The first-order valence-corrected chi connectivity index (χ1v) is 8.24. The van der Waals surface area contributed by atoms with E-state index < -0.39 is 0 Å². The SMILES string of the molecule is CNC(=O)C(=NOC)c1ccccc1COc1ncn(-c2ccccc2)n1. The molecule has 138 valence electrons. The van der Waals surface area contributed by atoms with Crippen molar-refractivity contribution in [2.45, 2.75) is 6.61 Å². The minimum atomic E-state index is -0.351. The second kappa shape index (κ2) is 8.61. The number of benzene rings is 2. The van der Waals surface area contributed by atoms with Gasteiger partial charge in [0, 0.05) is 12.6 Å². The van der Waals surface area contributed by atoms with Gasteiger partial charge in [-0.15, -0.1) is 5.10 Å². The zero-order valence-electron chi connectivity index (χ0n) is 15.0. The maximum atomic E-state index is 12.1. The van der Waals surface area contributed by atoms with E-state index in [4.69, 9.17) is 9.57 Å². The molecule has 27 heavy (non-hydrogen) atoms. The molecule has 0 fully saturated rings. The number of rotatable bonds is 7. The van der Waals surface area contributed by atoms with Crippen LogP contribution in [0.25, 0.3) is 5.69 Å². The molecule has 3 rings (SSSR count). The molecule has 0 spiro atoms. The van der Waals surface area contributed by atoms with Crippen LogP contribution in [-0.4, -0.2) is 40.5 Å². The Labute approximate surface area is 156 Å². The van der Waals surface area contributed by atoms with Crippen LogP contribution in [0.15, 0.2) is 66.1 Å². The quantitative estimate of drug-likeness (QED) is 0.510. The van der Waals surface area contributed by atoms with Crippen molar-refractivity contribution in [2.24, 2.45) is 5.16 Å². The molecule has 0 aliphatic carbocycles. The highest BCUT2D eigenvalue weighted by Crippen LogP contribution is 2.15. The second-order valence-corrected chi connectivity index (χ2v) is 5.45. The van der Waals surface area contributed by atoms with Gasteiger partial charge in [-0.3, -0.25) is 4.79 Å². The van der Waals surface area contributed by atoms with Gasteiger partial charge in [0.1, 0.15) is 20.0 Å². The molecule has 0 bridgehead atoms. The van der Waals surface area contributed by atoms with E-state index in [1.165, 1.54) is 14.2 Å². The molecular weight excluding hydrogens is 346 g/mol. The van der Waals surface area contributed by atoms with Crippen LogP contribution in [0.3, 0.4) is 0 Å². The van der Waals surface area contributed by atoms with Crippen molar-refractivity contribution in [3.63, 3.8) is 0 Å². The van der Waals surface area contributed by atoms with Crippen LogP contribution in [0.4, 0.5) is 0 Å². The van der Waals surface area contributed by atoms with E-state index in [9.17, 15) is 4.79 Å². The summed E-state index contributed by atoms with van der Waals surface area (Å²) < 4.78 is 7.33. The highest BCUT2D eigenvalue weighted by Gasteiger charge is 2.17. The number of nitrogens with zero attached hydrogens (tertiary/aromatic N) is 4. The zero-order chi connectivity index (χ0) is 19.1. The van der Waals surface area contributed by atoms with Gasteiger partial charge in [0.15, 0.2) is 5.71 Å². The fourth-order valence-electron chi connectivity index (χ4n) is 2.46. The average Bonchev–Trinajstić information content (AvgIpc) is 3.20. The summed E-state index contributed by atoms with van der Waals surface area (Å²) in [6, 6.07) is 17.1. The monoisotopic (exact) mass is 365 g/mol. The molecule has 2 aromatic carbocycles. The van der Waals surface area contributed by atoms with Crippen molar-refractivity contribution in [1.82, 2.24) is 20.1 Å². The number of oxime groups is 1. The minimum absolute atomic E-state index is 0.168. The van der Waals surface area contributed by atoms with Crippen LogP contribution in [0.1, 0.15) is 11.1 Å².